The molecule has 5 heteroatoms. The van der Waals surface area contributed by atoms with Crippen molar-refractivity contribution in [2.24, 2.45) is 0 Å². The molecule has 0 unspecified atom stereocenters. The molecule has 0 aliphatic rings. The van der Waals surface area contributed by atoms with Crippen molar-refractivity contribution in [3.8, 4) is 11.3 Å². The van der Waals surface area contributed by atoms with E-state index < -0.39 is 0 Å². The topological polar surface area (TPSA) is 69.1 Å². The minimum atomic E-state index is 0.727. The Kier molecular flexibility index (Phi) is 3.57. The van der Waals surface area contributed by atoms with Crippen LogP contribution in [-0.4, -0.2) is 19.6 Å². The molecule has 0 atom stereocenters. The number of rotatable bonds is 3. The molecule has 0 aliphatic heterocycles. The van der Waals surface area contributed by atoms with E-state index in [1.807, 2.05) is 59.4 Å². The lowest BCUT2D eigenvalue weighted by atomic mass is 10.1. The van der Waals surface area contributed by atoms with Gasteiger partial charge in [0.25, 0.3) is 0 Å². The molecule has 27 heavy (non-hydrogen) atoms. The number of pyridine rings is 1. The molecule has 5 nitrogen and oxygen atoms in total. The zero-order valence-electron chi connectivity index (χ0n) is 14.6. The van der Waals surface area contributed by atoms with E-state index >= 15 is 0 Å². The van der Waals surface area contributed by atoms with Gasteiger partial charge in [-0.3, -0.25) is 4.98 Å². The Morgan fingerprint density at radius 2 is 1.85 bits per heavy atom. The van der Waals surface area contributed by atoms with E-state index in [2.05, 4.69) is 34.2 Å². The van der Waals surface area contributed by atoms with Crippen LogP contribution in [0.3, 0.4) is 0 Å². The van der Waals surface area contributed by atoms with Gasteiger partial charge in [-0.05, 0) is 48.0 Å². The summed E-state index contributed by atoms with van der Waals surface area (Å²) < 4.78 is 1.91. The molecule has 5 aromatic rings. The Hall–Kier alpha value is -3.73. The first-order valence-corrected chi connectivity index (χ1v) is 8.79. The number of aromatic nitrogens is 4. The normalized spacial score (nSPS) is 11.3. The standard InChI is InChI=1S/C22H17N5/c23-18-5-1-3-17(13-18)21-8-9-22-25-14-19(27(22)26-21)12-15-6-7-20-16(11-15)4-2-10-24-20/h1-11,13-14H,12,23H2. The van der Waals surface area contributed by atoms with Gasteiger partial charge in [-0.15, -0.1) is 0 Å². The van der Waals surface area contributed by atoms with Crippen LogP contribution in [0, 0.1) is 0 Å². The number of nitrogen functional groups attached to an aromatic ring is 1. The van der Waals surface area contributed by atoms with Gasteiger partial charge in [0.1, 0.15) is 0 Å². The number of nitrogens with two attached hydrogens (primary N) is 1. The predicted octanol–water partition coefficient (Wildman–Crippen LogP) is 4.12. The summed E-state index contributed by atoms with van der Waals surface area (Å²) in [4.78, 5) is 8.87. The van der Waals surface area contributed by atoms with Crippen molar-refractivity contribution in [2.45, 2.75) is 6.42 Å². The Labute approximate surface area is 156 Å². The number of fused-ring (bicyclic) bond motifs is 2. The Morgan fingerprint density at radius 3 is 2.78 bits per heavy atom. The van der Waals surface area contributed by atoms with E-state index in [1.165, 1.54) is 5.56 Å². The van der Waals surface area contributed by atoms with Crippen LogP contribution >= 0.6 is 0 Å². The van der Waals surface area contributed by atoms with Gasteiger partial charge in [0, 0.05) is 29.3 Å². The van der Waals surface area contributed by atoms with Gasteiger partial charge >= 0.3 is 0 Å². The van der Waals surface area contributed by atoms with Crippen LogP contribution in [0.15, 0.2) is 79.1 Å². The van der Waals surface area contributed by atoms with Crippen LogP contribution < -0.4 is 5.73 Å². The Bertz CT molecular complexity index is 1270. The fourth-order valence-electron chi connectivity index (χ4n) is 3.34. The lowest BCUT2D eigenvalue weighted by molar-refractivity contribution is 0.876. The molecule has 2 N–H and O–H groups in total. The quantitative estimate of drug-likeness (QED) is 0.497. The second-order valence-electron chi connectivity index (χ2n) is 6.57. The maximum absolute atomic E-state index is 5.91. The van der Waals surface area contributed by atoms with Crippen LogP contribution in [-0.2, 0) is 6.42 Å². The fraction of sp³-hybridized carbons (Fsp3) is 0.0455. The number of imidazole rings is 1. The highest BCUT2D eigenvalue weighted by Gasteiger charge is 2.09. The summed E-state index contributed by atoms with van der Waals surface area (Å²) in [6.07, 6.45) is 4.45. The SMILES string of the molecule is Nc1cccc(-c2ccc3ncc(Cc4ccc5ncccc5c4)n3n2)c1. The van der Waals surface area contributed by atoms with Crippen molar-refractivity contribution >= 4 is 22.2 Å². The zero-order valence-corrected chi connectivity index (χ0v) is 14.6. The molecule has 5 rings (SSSR count). The average molecular weight is 351 g/mol. The Balaban J connectivity index is 1.55. The van der Waals surface area contributed by atoms with Crippen molar-refractivity contribution in [3.05, 3.63) is 90.4 Å². The summed E-state index contributed by atoms with van der Waals surface area (Å²) in [5.74, 6) is 0. The molecule has 0 bridgehead atoms. The smallest absolute Gasteiger partial charge is 0.153 e. The molecule has 0 fully saturated rings. The van der Waals surface area contributed by atoms with E-state index in [-0.39, 0.29) is 0 Å². The fourth-order valence-corrected chi connectivity index (χ4v) is 3.34. The number of nitrogens with zero attached hydrogens (tertiary/aromatic N) is 4. The molecule has 130 valence electrons. The highest BCUT2D eigenvalue weighted by molar-refractivity contribution is 5.79. The second-order valence-corrected chi connectivity index (χ2v) is 6.57. The molecule has 0 saturated carbocycles. The molecule has 0 radical (unpaired) electrons. The molecule has 3 aromatic heterocycles. The van der Waals surface area contributed by atoms with Crippen molar-refractivity contribution in [2.75, 3.05) is 5.73 Å². The first-order chi connectivity index (χ1) is 13.3. The molecule has 0 spiro atoms. The van der Waals surface area contributed by atoms with E-state index in [1.54, 1.807) is 0 Å². The Morgan fingerprint density at radius 1 is 0.889 bits per heavy atom. The molecule has 3 heterocycles. The maximum Gasteiger partial charge on any atom is 0.153 e. The third kappa shape index (κ3) is 2.89. The second kappa shape index (κ2) is 6.21. The first kappa shape index (κ1) is 15.5. The van der Waals surface area contributed by atoms with Crippen LogP contribution in [0.25, 0.3) is 27.8 Å². The van der Waals surface area contributed by atoms with Crippen LogP contribution in [0.4, 0.5) is 5.69 Å². The molecule has 0 saturated heterocycles. The molecule has 0 aliphatic carbocycles. The minimum absolute atomic E-state index is 0.727. The van der Waals surface area contributed by atoms with Gasteiger partial charge in [-0.25, -0.2) is 9.50 Å². The summed E-state index contributed by atoms with van der Waals surface area (Å²) in [6, 6.07) is 22.1. The third-order valence-corrected chi connectivity index (χ3v) is 4.67. The van der Waals surface area contributed by atoms with Crippen molar-refractivity contribution in [1.82, 2.24) is 19.6 Å². The van der Waals surface area contributed by atoms with Gasteiger partial charge < -0.3 is 5.73 Å². The van der Waals surface area contributed by atoms with E-state index in [9.17, 15) is 0 Å². The summed E-state index contributed by atoms with van der Waals surface area (Å²) in [7, 11) is 0. The molecule has 2 aromatic carbocycles. The first-order valence-electron chi connectivity index (χ1n) is 8.79. The average Bonchev–Trinajstić information content (AvgIpc) is 3.10. The highest BCUT2D eigenvalue weighted by atomic mass is 15.3. The van der Waals surface area contributed by atoms with Crippen LogP contribution in [0.2, 0.25) is 0 Å². The van der Waals surface area contributed by atoms with E-state index in [0.717, 1.165) is 45.6 Å². The van der Waals surface area contributed by atoms with E-state index in [4.69, 9.17) is 10.8 Å². The summed E-state index contributed by atoms with van der Waals surface area (Å²) in [5.41, 5.74) is 12.6. The summed E-state index contributed by atoms with van der Waals surface area (Å²) >= 11 is 0. The number of benzene rings is 2. The number of anilines is 1. The van der Waals surface area contributed by atoms with Crippen LogP contribution in [0.1, 0.15) is 11.3 Å². The summed E-state index contributed by atoms with van der Waals surface area (Å²) in [6.45, 7) is 0. The van der Waals surface area contributed by atoms with Crippen molar-refractivity contribution in [1.29, 1.82) is 0 Å². The van der Waals surface area contributed by atoms with Crippen molar-refractivity contribution in [3.63, 3.8) is 0 Å². The zero-order chi connectivity index (χ0) is 18.2. The number of hydrogen-bond donors (Lipinski definition) is 1. The van der Waals surface area contributed by atoms with Gasteiger partial charge in [-0.1, -0.05) is 24.3 Å². The van der Waals surface area contributed by atoms with Gasteiger partial charge in [0.05, 0.1) is 23.1 Å². The maximum atomic E-state index is 5.91. The lowest BCUT2D eigenvalue weighted by Gasteiger charge is -2.06. The molecular weight excluding hydrogens is 334 g/mol. The van der Waals surface area contributed by atoms with Gasteiger partial charge in [0.15, 0.2) is 5.65 Å². The van der Waals surface area contributed by atoms with Gasteiger partial charge in [-0.2, -0.15) is 5.10 Å². The van der Waals surface area contributed by atoms with Crippen LogP contribution in [0.5, 0.6) is 0 Å². The van der Waals surface area contributed by atoms with Crippen molar-refractivity contribution < 1.29 is 0 Å². The monoisotopic (exact) mass is 351 g/mol. The third-order valence-electron chi connectivity index (χ3n) is 4.67. The largest absolute Gasteiger partial charge is 0.399 e. The number of hydrogen-bond acceptors (Lipinski definition) is 4. The minimum Gasteiger partial charge on any atom is -0.399 e. The predicted molar refractivity (Wildman–Crippen MR) is 107 cm³/mol. The van der Waals surface area contributed by atoms with Gasteiger partial charge in [0.2, 0.25) is 0 Å². The molecule has 0 amide bonds. The molecular formula is C22H17N5. The summed E-state index contributed by atoms with van der Waals surface area (Å²) in [5, 5.41) is 5.93. The highest BCUT2D eigenvalue weighted by Crippen LogP contribution is 2.21. The van der Waals surface area contributed by atoms with E-state index in [0.29, 0.717) is 0 Å². The lowest BCUT2D eigenvalue weighted by Crippen LogP contribution is -2.00.